The molecule has 0 amide bonds. The van der Waals surface area contributed by atoms with Gasteiger partial charge in [-0.3, -0.25) is 9.59 Å². The van der Waals surface area contributed by atoms with Crippen LogP contribution >= 0.6 is 0 Å². The topological polar surface area (TPSA) is 43.4 Å². The van der Waals surface area contributed by atoms with Crippen LogP contribution < -0.4 is 0 Å². The predicted octanol–water partition coefficient (Wildman–Crippen LogP) is 5.34. The summed E-state index contributed by atoms with van der Waals surface area (Å²) in [6.07, 6.45) is 2.71. The molecule has 0 aliphatic carbocycles. The maximum Gasteiger partial charge on any atom is 0.312 e. The number of benzene rings is 1. The van der Waals surface area contributed by atoms with Crippen molar-refractivity contribution in [2.45, 2.75) is 66.9 Å². The second kappa shape index (κ2) is 8.27. The van der Waals surface area contributed by atoms with E-state index in [1.807, 2.05) is 46.8 Å². The molecule has 0 aliphatic heterocycles. The molecule has 3 nitrogen and oxygen atoms in total. The minimum atomic E-state index is -0.521. The zero-order chi connectivity index (χ0) is 18.5. The van der Waals surface area contributed by atoms with E-state index in [4.69, 9.17) is 4.74 Å². The molecule has 0 fully saturated rings. The lowest BCUT2D eigenvalue weighted by atomic mass is 9.88. The van der Waals surface area contributed by atoms with E-state index in [-0.39, 0.29) is 12.1 Å². The van der Waals surface area contributed by atoms with Crippen LogP contribution in [0, 0.1) is 19.3 Å². The SMILES string of the molecule is C=C(C=O)c1c(C)cc(C)cc1C(CCC)OC(=O)C(C)(C)CC. The summed E-state index contributed by atoms with van der Waals surface area (Å²) in [4.78, 5) is 23.9. The fourth-order valence-electron chi connectivity index (χ4n) is 2.73. The van der Waals surface area contributed by atoms with Crippen LogP contribution in [0.1, 0.15) is 75.3 Å². The number of aldehydes is 1. The minimum absolute atomic E-state index is 0.203. The average molecular weight is 330 g/mol. The molecule has 1 aromatic carbocycles. The molecule has 3 heteroatoms. The van der Waals surface area contributed by atoms with Crippen molar-refractivity contribution >= 4 is 17.8 Å². The maximum atomic E-state index is 12.6. The fraction of sp³-hybridized carbons (Fsp3) is 0.524. The van der Waals surface area contributed by atoms with E-state index >= 15 is 0 Å². The Bertz CT molecular complexity index is 626. The van der Waals surface area contributed by atoms with Crippen LogP contribution in [0.5, 0.6) is 0 Å². The van der Waals surface area contributed by atoms with Gasteiger partial charge >= 0.3 is 5.97 Å². The third-order valence-electron chi connectivity index (χ3n) is 4.56. The number of aryl methyl sites for hydroxylation is 2. The van der Waals surface area contributed by atoms with Gasteiger partial charge in [-0.1, -0.05) is 44.5 Å². The van der Waals surface area contributed by atoms with E-state index in [0.717, 1.165) is 35.0 Å². The first-order valence-corrected chi connectivity index (χ1v) is 8.64. The van der Waals surface area contributed by atoms with Crippen molar-refractivity contribution in [3.8, 4) is 0 Å². The second-order valence-electron chi connectivity index (χ2n) is 7.11. The highest BCUT2D eigenvalue weighted by Gasteiger charge is 2.31. The highest BCUT2D eigenvalue weighted by molar-refractivity contribution is 6.07. The molecular weight excluding hydrogens is 300 g/mol. The van der Waals surface area contributed by atoms with E-state index in [1.165, 1.54) is 0 Å². The Kier molecular flexibility index (Phi) is 6.94. The van der Waals surface area contributed by atoms with Crippen molar-refractivity contribution in [1.82, 2.24) is 0 Å². The monoisotopic (exact) mass is 330 g/mol. The standard InChI is InChI=1S/C21H30O3/c1-8-10-18(24-20(23)21(6,7)9-2)17-12-14(3)11-15(4)19(17)16(5)13-22/h11-13,18H,5,8-10H2,1-4,6-7H3. The quantitative estimate of drug-likeness (QED) is 0.367. The number of esters is 1. The summed E-state index contributed by atoms with van der Waals surface area (Å²) in [6, 6.07) is 4.03. The summed E-state index contributed by atoms with van der Waals surface area (Å²) >= 11 is 0. The lowest BCUT2D eigenvalue weighted by Gasteiger charge is -2.27. The van der Waals surface area contributed by atoms with Crippen LogP contribution in [0.4, 0.5) is 0 Å². The Balaban J connectivity index is 3.37. The number of rotatable bonds is 8. The van der Waals surface area contributed by atoms with Gasteiger partial charge in [-0.15, -0.1) is 0 Å². The number of ether oxygens (including phenoxy) is 1. The fourth-order valence-corrected chi connectivity index (χ4v) is 2.73. The summed E-state index contributed by atoms with van der Waals surface area (Å²) in [5.74, 6) is -0.203. The molecule has 0 radical (unpaired) electrons. The molecular formula is C21H30O3. The molecule has 0 saturated heterocycles. The van der Waals surface area contributed by atoms with Crippen molar-refractivity contribution in [3.05, 3.63) is 41.0 Å². The van der Waals surface area contributed by atoms with Gasteiger partial charge in [-0.2, -0.15) is 0 Å². The Morgan fingerprint density at radius 1 is 1.29 bits per heavy atom. The minimum Gasteiger partial charge on any atom is -0.457 e. The summed E-state index contributed by atoms with van der Waals surface area (Å²) in [5, 5.41) is 0. The van der Waals surface area contributed by atoms with E-state index in [9.17, 15) is 9.59 Å². The van der Waals surface area contributed by atoms with Gasteiger partial charge in [0.25, 0.3) is 0 Å². The van der Waals surface area contributed by atoms with Crippen molar-refractivity contribution in [2.24, 2.45) is 5.41 Å². The van der Waals surface area contributed by atoms with Crippen LogP contribution in [-0.4, -0.2) is 12.3 Å². The molecule has 1 rings (SSSR count). The Labute approximate surface area is 146 Å². The van der Waals surface area contributed by atoms with Gasteiger partial charge < -0.3 is 4.74 Å². The molecule has 0 bridgehead atoms. The first-order valence-electron chi connectivity index (χ1n) is 8.64. The van der Waals surface area contributed by atoms with Crippen molar-refractivity contribution in [2.75, 3.05) is 0 Å². The summed E-state index contributed by atoms with van der Waals surface area (Å²) in [5.41, 5.74) is 3.65. The predicted molar refractivity (Wildman–Crippen MR) is 98.8 cm³/mol. The average Bonchev–Trinajstić information content (AvgIpc) is 2.52. The van der Waals surface area contributed by atoms with E-state index < -0.39 is 5.41 Å². The van der Waals surface area contributed by atoms with E-state index in [0.29, 0.717) is 18.4 Å². The lowest BCUT2D eigenvalue weighted by molar-refractivity contribution is -0.160. The number of hydrogen-bond acceptors (Lipinski definition) is 3. The van der Waals surface area contributed by atoms with Gasteiger partial charge in [0.15, 0.2) is 0 Å². The van der Waals surface area contributed by atoms with Crippen LogP contribution in [-0.2, 0) is 14.3 Å². The molecule has 0 aliphatic rings. The van der Waals surface area contributed by atoms with Crippen LogP contribution in [0.3, 0.4) is 0 Å². The Hall–Kier alpha value is -1.90. The number of allylic oxidation sites excluding steroid dienone is 1. The zero-order valence-electron chi connectivity index (χ0n) is 15.9. The molecule has 24 heavy (non-hydrogen) atoms. The van der Waals surface area contributed by atoms with Crippen molar-refractivity contribution in [1.29, 1.82) is 0 Å². The number of hydrogen-bond donors (Lipinski definition) is 0. The molecule has 0 heterocycles. The van der Waals surface area contributed by atoms with Gasteiger partial charge in [-0.05, 0) is 51.7 Å². The highest BCUT2D eigenvalue weighted by atomic mass is 16.5. The van der Waals surface area contributed by atoms with Crippen LogP contribution in [0.25, 0.3) is 5.57 Å². The molecule has 1 aromatic rings. The zero-order valence-corrected chi connectivity index (χ0v) is 15.9. The third-order valence-corrected chi connectivity index (χ3v) is 4.56. The summed E-state index contributed by atoms with van der Waals surface area (Å²) < 4.78 is 5.88. The van der Waals surface area contributed by atoms with Gasteiger partial charge in [0.2, 0.25) is 0 Å². The van der Waals surface area contributed by atoms with Crippen molar-refractivity contribution < 1.29 is 14.3 Å². The molecule has 132 valence electrons. The molecule has 1 atom stereocenters. The maximum absolute atomic E-state index is 12.6. The molecule has 1 unspecified atom stereocenters. The van der Waals surface area contributed by atoms with Gasteiger partial charge in [-0.25, -0.2) is 0 Å². The highest BCUT2D eigenvalue weighted by Crippen LogP contribution is 2.34. The summed E-state index contributed by atoms with van der Waals surface area (Å²) in [7, 11) is 0. The van der Waals surface area contributed by atoms with Crippen LogP contribution in [0.2, 0.25) is 0 Å². The van der Waals surface area contributed by atoms with E-state index in [2.05, 4.69) is 13.5 Å². The van der Waals surface area contributed by atoms with Gasteiger partial charge in [0.05, 0.1) is 5.41 Å². The number of carbonyl (C=O) groups is 2. The molecule has 0 saturated carbocycles. The molecule has 0 aromatic heterocycles. The normalized spacial score (nSPS) is 12.6. The number of carbonyl (C=O) groups excluding carboxylic acids is 2. The first-order chi connectivity index (χ1) is 11.2. The Morgan fingerprint density at radius 2 is 1.92 bits per heavy atom. The first kappa shape index (κ1) is 20.1. The van der Waals surface area contributed by atoms with Gasteiger partial charge in [0, 0.05) is 11.1 Å². The third kappa shape index (κ3) is 4.56. The molecule has 0 spiro atoms. The smallest absolute Gasteiger partial charge is 0.312 e. The molecule has 0 N–H and O–H groups in total. The lowest BCUT2D eigenvalue weighted by Crippen LogP contribution is -2.27. The van der Waals surface area contributed by atoms with E-state index in [1.54, 1.807) is 0 Å². The summed E-state index contributed by atoms with van der Waals surface area (Å²) in [6.45, 7) is 15.7. The van der Waals surface area contributed by atoms with Crippen molar-refractivity contribution in [3.63, 3.8) is 0 Å². The Morgan fingerprint density at radius 3 is 2.42 bits per heavy atom. The largest absolute Gasteiger partial charge is 0.457 e. The van der Waals surface area contributed by atoms with Crippen LogP contribution in [0.15, 0.2) is 18.7 Å². The second-order valence-corrected chi connectivity index (χ2v) is 7.11. The van der Waals surface area contributed by atoms with Gasteiger partial charge in [0.1, 0.15) is 12.4 Å².